The lowest BCUT2D eigenvalue weighted by Crippen LogP contribution is -2.59. The normalized spacial score (nSPS) is 22.6. The molecule has 0 amide bonds. The van der Waals surface area contributed by atoms with Gasteiger partial charge in [0.2, 0.25) is 0 Å². The van der Waals surface area contributed by atoms with Crippen molar-refractivity contribution in [2.75, 3.05) is 13.1 Å². The molecule has 1 N–H and O–H groups in total. The summed E-state index contributed by atoms with van der Waals surface area (Å²) in [6.07, 6.45) is 2.67. The second kappa shape index (κ2) is 3.53. The van der Waals surface area contributed by atoms with Gasteiger partial charge in [-0.2, -0.15) is 0 Å². The standard InChI is InChI=1S/C13H13BrN2S/c14-9-1-2-11-10(3-9)16-12(17-11)8-4-13(5-8)6-15-7-13/h1-3,8,15H,4-7H2. The predicted octanol–water partition coefficient (Wildman–Crippen LogP) is 3.53. The maximum Gasteiger partial charge on any atom is 0.0969 e. The fourth-order valence-electron chi connectivity index (χ4n) is 3.02. The van der Waals surface area contributed by atoms with Crippen molar-refractivity contribution < 1.29 is 0 Å². The zero-order valence-electron chi connectivity index (χ0n) is 9.37. The van der Waals surface area contributed by atoms with Gasteiger partial charge in [0.1, 0.15) is 0 Å². The molecule has 0 atom stereocenters. The summed E-state index contributed by atoms with van der Waals surface area (Å²) in [6, 6.07) is 6.39. The van der Waals surface area contributed by atoms with Crippen LogP contribution < -0.4 is 5.32 Å². The van der Waals surface area contributed by atoms with Gasteiger partial charge in [0, 0.05) is 23.5 Å². The van der Waals surface area contributed by atoms with Gasteiger partial charge in [-0.05, 0) is 36.5 Å². The molecule has 4 heteroatoms. The Balaban J connectivity index is 1.64. The molecule has 0 bridgehead atoms. The summed E-state index contributed by atoms with van der Waals surface area (Å²) in [7, 11) is 0. The van der Waals surface area contributed by atoms with Crippen LogP contribution in [0.5, 0.6) is 0 Å². The molecule has 0 radical (unpaired) electrons. The van der Waals surface area contributed by atoms with Crippen LogP contribution in [-0.4, -0.2) is 18.1 Å². The quantitative estimate of drug-likeness (QED) is 0.872. The SMILES string of the molecule is Brc1ccc2sc(C3CC4(CNC4)C3)nc2c1. The highest BCUT2D eigenvalue weighted by Gasteiger charge is 2.49. The Labute approximate surface area is 113 Å². The summed E-state index contributed by atoms with van der Waals surface area (Å²) in [4.78, 5) is 4.79. The number of fused-ring (bicyclic) bond motifs is 1. The van der Waals surface area contributed by atoms with Crippen molar-refractivity contribution >= 4 is 37.5 Å². The van der Waals surface area contributed by atoms with E-state index in [1.54, 1.807) is 0 Å². The Hall–Kier alpha value is -0.450. The van der Waals surface area contributed by atoms with Crippen LogP contribution in [-0.2, 0) is 0 Å². The van der Waals surface area contributed by atoms with Crippen molar-refractivity contribution in [1.82, 2.24) is 10.3 Å². The average Bonchev–Trinajstić information content (AvgIpc) is 2.55. The predicted molar refractivity (Wildman–Crippen MR) is 74.6 cm³/mol. The summed E-state index contributed by atoms with van der Waals surface area (Å²) in [5.41, 5.74) is 1.79. The third-order valence-electron chi connectivity index (χ3n) is 4.07. The summed E-state index contributed by atoms with van der Waals surface area (Å²) >= 11 is 5.38. The molecule has 1 aromatic carbocycles. The molecule has 4 rings (SSSR count). The molecule has 2 aliphatic rings. The topological polar surface area (TPSA) is 24.9 Å². The number of benzene rings is 1. The van der Waals surface area contributed by atoms with Gasteiger partial charge >= 0.3 is 0 Å². The van der Waals surface area contributed by atoms with Crippen molar-refractivity contribution in [2.24, 2.45) is 5.41 Å². The second-order valence-corrected chi connectivity index (χ2v) is 7.35. The molecule has 2 nitrogen and oxygen atoms in total. The zero-order valence-corrected chi connectivity index (χ0v) is 11.8. The number of halogens is 1. The van der Waals surface area contributed by atoms with Gasteiger partial charge in [0.15, 0.2) is 0 Å². The lowest BCUT2D eigenvalue weighted by Gasteiger charge is -2.53. The monoisotopic (exact) mass is 308 g/mol. The summed E-state index contributed by atoms with van der Waals surface area (Å²) in [5, 5.41) is 4.73. The highest BCUT2D eigenvalue weighted by molar-refractivity contribution is 9.10. The van der Waals surface area contributed by atoms with Crippen LogP contribution in [0.3, 0.4) is 0 Å². The lowest BCUT2D eigenvalue weighted by atomic mass is 9.59. The van der Waals surface area contributed by atoms with E-state index in [0.717, 1.165) is 9.99 Å². The van der Waals surface area contributed by atoms with E-state index in [0.29, 0.717) is 11.3 Å². The Bertz CT molecular complexity index is 580. The summed E-state index contributed by atoms with van der Waals surface area (Å²) in [6.45, 7) is 2.44. The summed E-state index contributed by atoms with van der Waals surface area (Å²) in [5.74, 6) is 0.716. The summed E-state index contributed by atoms with van der Waals surface area (Å²) < 4.78 is 2.44. The van der Waals surface area contributed by atoms with Crippen molar-refractivity contribution in [3.63, 3.8) is 0 Å². The Kier molecular flexibility index (Phi) is 2.17. The molecule has 1 aliphatic carbocycles. The number of hydrogen-bond donors (Lipinski definition) is 1. The largest absolute Gasteiger partial charge is 0.316 e. The highest BCUT2D eigenvalue weighted by Crippen LogP contribution is 2.54. The molecular formula is C13H13BrN2S. The number of thiazole rings is 1. The molecule has 2 heterocycles. The van der Waals surface area contributed by atoms with Crippen molar-refractivity contribution in [1.29, 1.82) is 0 Å². The minimum Gasteiger partial charge on any atom is -0.316 e. The molecule has 88 valence electrons. The van der Waals surface area contributed by atoms with Crippen molar-refractivity contribution in [3.05, 3.63) is 27.7 Å². The van der Waals surface area contributed by atoms with Crippen LogP contribution in [0.25, 0.3) is 10.2 Å². The fourth-order valence-corrected chi connectivity index (χ4v) is 4.42. The Morgan fingerprint density at radius 1 is 1.35 bits per heavy atom. The van der Waals surface area contributed by atoms with Crippen LogP contribution in [0.1, 0.15) is 23.8 Å². The molecule has 2 aromatic rings. The van der Waals surface area contributed by atoms with E-state index in [2.05, 4.69) is 39.4 Å². The first-order valence-electron chi connectivity index (χ1n) is 6.01. The molecule has 1 spiro atoms. The smallest absolute Gasteiger partial charge is 0.0969 e. The van der Waals surface area contributed by atoms with Crippen LogP contribution in [0.15, 0.2) is 22.7 Å². The van der Waals surface area contributed by atoms with Crippen LogP contribution >= 0.6 is 27.3 Å². The van der Waals surface area contributed by atoms with E-state index in [4.69, 9.17) is 4.98 Å². The number of nitrogens with one attached hydrogen (secondary N) is 1. The number of aromatic nitrogens is 1. The zero-order chi connectivity index (χ0) is 11.5. The van der Waals surface area contributed by atoms with Gasteiger partial charge in [-0.25, -0.2) is 4.98 Å². The van der Waals surface area contributed by atoms with E-state index < -0.39 is 0 Å². The molecule has 1 saturated carbocycles. The fraction of sp³-hybridized carbons (Fsp3) is 0.462. The number of rotatable bonds is 1. The van der Waals surface area contributed by atoms with Gasteiger partial charge in [-0.15, -0.1) is 11.3 Å². The van der Waals surface area contributed by atoms with Gasteiger partial charge < -0.3 is 5.32 Å². The van der Waals surface area contributed by atoms with Gasteiger partial charge in [0.05, 0.1) is 15.2 Å². The van der Waals surface area contributed by atoms with E-state index in [-0.39, 0.29) is 0 Å². The Morgan fingerprint density at radius 2 is 2.18 bits per heavy atom. The van der Waals surface area contributed by atoms with Crippen LogP contribution in [0.4, 0.5) is 0 Å². The molecule has 1 aromatic heterocycles. The van der Waals surface area contributed by atoms with E-state index in [1.165, 1.54) is 35.6 Å². The van der Waals surface area contributed by atoms with Gasteiger partial charge in [-0.3, -0.25) is 0 Å². The third kappa shape index (κ3) is 1.58. The number of nitrogens with zero attached hydrogens (tertiary/aromatic N) is 1. The van der Waals surface area contributed by atoms with Crippen molar-refractivity contribution in [2.45, 2.75) is 18.8 Å². The van der Waals surface area contributed by atoms with Gasteiger partial charge in [0.25, 0.3) is 0 Å². The second-order valence-electron chi connectivity index (χ2n) is 5.37. The maximum atomic E-state index is 4.79. The van der Waals surface area contributed by atoms with E-state index >= 15 is 0 Å². The highest BCUT2D eigenvalue weighted by atomic mass is 79.9. The minimum absolute atomic E-state index is 0.642. The van der Waals surface area contributed by atoms with Crippen LogP contribution in [0.2, 0.25) is 0 Å². The molecule has 0 unspecified atom stereocenters. The minimum atomic E-state index is 0.642. The molecule has 2 fully saturated rings. The average molecular weight is 309 g/mol. The molecule has 17 heavy (non-hydrogen) atoms. The molecular weight excluding hydrogens is 296 g/mol. The first-order chi connectivity index (χ1) is 8.24. The molecule has 1 saturated heterocycles. The first kappa shape index (κ1) is 10.5. The number of hydrogen-bond acceptors (Lipinski definition) is 3. The van der Waals surface area contributed by atoms with Gasteiger partial charge in [-0.1, -0.05) is 15.9 Å². The Morgan fingerprint density at radius 3 is 2.88 bits per heavy atom. The lowest BCUT2D eigenvalue weighted by molar-refractivity contribution is 0.0363. The van der Waals surface area contributed by atoms with E-state index in [9.17, 15) is 0 Å². The van der Waals surface area contributed by atoms with E-state index in [1.807, 2.05) is 11.3 Å². The maximum absolute atomic E-state index is 4.79. The molecule has 1 aliphatic heterocycles. The third-order valence-corrected chi connectivity index (χ3v) is 5.77. The van der Waals surface area contributed by atoms with Crippen LogP contribution in [0, 0.1) is 5.41 Å². The van der Waals surface area contributed by atoms with Crippen molar-refractivity contribution in [3.8, 4) is 0 Å². The first-order valence-corrected chi connectivity index (χ1v) is 7.62.